The Morgan fingerprint density at radius 3 is 2.13 bits per heavy atom. The molecule has 8 heteroatoms. The molecule has 0 radical (unpaired) electrons. The highest BCUT2D eigenvalue weighted by atomic mass is 35.5. The molecular formula is C22H20Cl2N2O3S. The van der Waals surface area contributed by atoms with Gasteiger partial charge in [0.2, 0.25) is 5.91 Å². The van der Waals surface area contributed by atoms with Crippen molar-refractivity contribution in [3.63, 3.8) is 0 Å². The largest absolute Gasteiger partial charge is 0.348 e. The van der Waals surface area contributed by atoms with Gasteiger partial charge in [-0.25, -0.2) is 8.42 Å². The molecule has 0 fully saturated rings. The van der Waals surface area contributed by atoms with Gasteiger partial charge in [-0.05, 0) is 42.8 Å². The second-order valence-electron chi connectivity index (χ2n) is 6.62. The van der Waals surface area contributed by atoms with Crippen LogP contribution in [0, 0.1) is 0 Å². The van der Waals surface area contributed by atoms with Gasteiger partial charge in [0.15, 0.2) is 0 Å². The molecule has 3 rings (SSSR count). The van der Waals surface area contributed by atoms with Gasteiger partial charge in [0.25, 0.3) is 10.0 Å². The molecule has 0 aliphatic carbocycles. The highest BCUT2D eigenvalue weighted by Gasteiger charge is 2.28. The lowest BCUT2D eigenvalue weighted by molar-refractivity contribution is -0.120. The second-order valence-corrected chi connectivity index (χ2v) is 9.30. The highest BCUT2D eigenvalue weighted by Crippen LogP contribution is 2.30. The SMILES string of the molecule is CC(NC(=O)CN(c1ccc(Cl)c(Cl)c1)S(=O)(=O)c1ccccc1)c1ccccc1. The minimum Gasteiger partial charge on any atom is -0.348 e. The predicted octanol–water partition coefficient (Wildman–Crippen LogP) is 5.07. The van der Waals surface area contributed by atoms with E-state index in [-0.39, 0.29) is 21.6 Å². The van der Waals surface area contributed by atoms with E-state index in [4.69, 9.17) is 23.2 Å². The zero-order chi connectivity index (χ0) is 21.7. The van der Waals surface area contributed by atoms with Gasteiger partial charge in [-0.15, -0.1) is 0 Å². The van der Waals surface area contributed by atoms with Gasteiger partial charge >= 0.3 is 0 Å². The van der Waals surface area contributed by atoms with Crippen molar-refractivity contribution in [1.82, 2.24) is 5.32 Å². The van der Waals surface area contributed by atoms with Crippen LogP contribution in [-0.4, -0.2) is 20.9 Å². The first-order valence-electron chi connectivity index (χ1n) is 9.16. The summed E-state index contributed by atoms with van der Waals surface area (Å²) < 4.78 is 27.6. The van der Waals surface area contributed by atoms with Crippen molar-refractivity contribution in [2.45, 2.75) is 17.9 Å². The topological polar surface area (TPSA) is 66.5 Å². The van der Waals surface area contributed by atoms with Crippen LogP contribution in [0.1, 0.15) is 18.5 Å². The third-order valence-electron chi connectivity index (χ3n) is 4.49. The molecule has 0 bridgehead atoms. The summed E-state index contributed by atoms with van der Waals surface area (Å²) in [5.41, 5.74) is 1.16. The van der Waals surface area contributed by atoms with E-state index in [1.165, 1.54) is 30.3 Å². The summed E-state index contributed by atoms with van der Waals surface area (Å²) in [5, 5.41) is 3.33. The summed E-state index contributed by atoms with van der Waals surface area (Å²) in [5.74, 6) is -0.447. The Bertz CT molecular complexity index is 1120. The molecule has 3 aromatic rings. The maximum atomic E-state index is 13.3. The van der Waals surface area contributed by atoms with Crippen molar-refractivity contribution >= 4 is 44.8 Å². The van der Waals surface area contributed by atoms with Crippen LogP contribution in [-0.2, 0) is 14.8 Å². The van der Waals surface area contributed by atoms with E-state index < -0.39 is 22.5 Å². The Hall–Kier alpha value is -2.54. The van der Waals surface area contributed by atoms with E-state index in [9.17, 15) is 13.2 Å². The number of anilines is 1. The zero-order valence-corrected chi connectivity index (χ0v) is 18.5. The van der Waals surface area contributed by atoms with E-state index in [1.807, 2.05) is 37.3 Å². The van der Waals surface area contributed by atoms with Crippen LogP contribution in [0.5, 0.6) is 0 Å². The van der Waals surface area contributed by atoms with Crippen molar-refractivity contribution in [1.29, 1.82) is 0 Å². The van der Waals surface area contributed by atoms with E-state index in [2.05, 4.69) is 5.32 Å². The molecule has 1 N–H and O–H groups in total. The highest BCUT2D eigenvalue weighted by molar-refractivity contribution is 7.92. The molecule has 5 nitrogen and oxygen atoms in total. The van der Waals surface area contributed by atoms with Crippen LogP contribution in [0.3, 0.4) is 0 Å². The lowest BCUT2D eigenvalue weighted by Gasteiger charge is -2.25. The molecule has 0 saturated carbocycles. The molecule has 30 heavy (non-hydrogen) atoms. The van der Waals surface area contributed by atoms with Crippen LogP contribution in [0.2, 0.25) is 10.0 Å². The Kier molecular flexibility index (Phi) is 7.02. The smallest absolute Gasteiger partial charge is 0.264 e. The Balaban J connectivity index is 1.91. The molecule has 3 aromatic carbocycles. The van der Waals surface area contributed by atoms with E-state index >= 15 is 0 Å². The second kappa shape index (κ2) is 9.51. The maximum absolute atomic E-state index is 13.3. The first-order chi connectivity index (χ1) is 14.3. The van der Waals surface area contributed by atoms with Crippen molar-refractivity contribution < 1.29 is 13.2 Å². The molecule has 1 unspecified atom stereocenters. The van der Waals surface area contributed by atoms with Crippen molar-refractivity contribution in [3.05, 3.63) is 94.5 Å². The summed E-state index contributed by atoms with van der Waals surface area (Å²) in [4.78, 5) is 12.8. The van der Waals surface area contributed by atoms with Gasteiger partial charge in [0, 0.05) is 0 Å². The molecular weight excluding hydrogens is 443 g/mol. The van der Waals surface area contributed by atoms with Gasteiger partial charge in [-0.1, -0.05) is 71.7 Å². The van der Waals surface area contributed by atoms with E-state index in [0.717, 1.165) is 9.87 Å². The van der Waals surface area contributed by atoms with Crippen LogP contribution in [0.15, 0.2) is 83.8 Å². The number of halogens is 2. The van der Waals surface area contributed by atoms with Crippen molar-refractivity contribution in [3.8, 4) is 0 Å². The van der Waals surface area contributed by atoms with Crippen LogP contribution < -0.4 is 9.62 Å². The lowest BCUT2D eigenvalue weighted by atomic mass is 10.1. The van der Waals surface area contributed by atoms with Gasteiger partial charge in [0.1, 0.15) is 6.54 Å². The molecule has 0 spiro atoms. The number of hydrogen-bond acceptors (Lipinski definition) is 3. The fraction of sp³-hybridized carbons (Fsp3) is 0.136. The number of carbonyl (C=O) groups excluding carboxylic acids is 1. The van der Waals surface area contributed by atoms with Crippen molar-refractivity contribution in [2.75, 3.05) is 10.8 Å². The number of hydrogen-bond donors (Lipinski definition) is 1. The molecule has 0 heterocycles. The molecule has 156 valence electrons. The Morgan fingerprint density at radius 2 is 1.53 bits per heavy atom. The van der Waals surface area contributed by atoms with Gasteiger partial charge < -0.3 is 5.32 Å². The summed E-state index contributed by atoms with van der Waals surface area (Å²) in [6.45, 7) is 1.43. The quantitative estimate of drug-likeness (QED) is 0.532. The third-order valence-corrected chi connectivity index (χ3v) is 7.01. The lowest BCUT2D eigenvalue weighted by Crippen LogP contribution is -2.41. The molecule has 0 aliphatic heterocycles. The first kappa shape index (κ1) is 22.2. The number of nitrogens with zero attached hydrogens (tertiary/aromatic N) is 1. The van der Waals surface area contributed by atoms with E-state index in [0.29, 0.717) is 5.02 Å². The molecule has 0 aromatic heterocycles. The Labute approximate surface area is 186 Å². The van der Waals surface area contributed by atoms with Gasteiger partial charge in [0.05, 0.1) is 26.7 Å². The standard InChI is InChI=1S/C22H20Cl2N2O3S/c1-16(17-8-4-2-5-9-17)25-22(27)15-26(18-12-13-20(23)21(24)14-18)30(28,29)19-10-6-3-7-11-19/h2-14,16H,15H2,1H3,(H,25,27). The van der Waals surface area contributed by atoms with Crippen LogP contribution in [0.25, 0.3) is 0 Å². The maximum Gasteiger partial charge on any atom is 0.264 e. The molecule has 0 saturated heterocycles. The number of carbonyl (C=O) groups is 1. The third kappa shape index (κ3) is 5.14. The zero-order valence-electron chi connectivity index (χ0n) is 16.1. The number of sulfonamides is 1. The summed E-state index contributed by atoms with van der Waals surface area (Å²) in [6.07, 6.45) is 0. The summed E-state index contributed by atoms with van der Waals surface area (Å²) in [6, 6.07) is 21.5. The minimum atomic E-state index is -4.01. The number of rotatable bonds is 7. The normalized spacial score (nSPS) is 12.2. The van der Waals surface area contributed by atoms with Gasteiger partial charge in [-0.3, -0.25) is 9.10 Å². The molecule has 1 amide bonds. The molecule has 0 aliphatic rings. The summed E-state index contributed by atoms with van der Waals surface area (Å²) >= 11 is 12.1. The number of amides is 1. The average molecular weight is 463 g/mol. The average Bonchev–Trinajstić information content (AvgIpc) is 2.75. The van der Waals surface area contributed by atoms with Crippen LogP contribution in [0.4, 0.5) is 5.69 Å². The number of benzene rings is 3. The summed E-state index contributed by atoms with van der Waals surface area (Å²) in [7, 11) is -4.01. The van der Waals surface area contributed by atoms with Crippen LogP contribution >= 0.6 is 23.2 Å². The number of nitrogens with one attached hydrogen (secondary N) is 1. The fourth-order valence-corrected chi connectivity index (χ4v) is 4.64. The van der Waals surface area contributed by atoms with Gasteiger partial charge in [-0.2, -0.15) is 0 Å². The predicted molar refractivity (Wildman–Crippen MR) is 120 cm³/mol. The minimum absolute atomic E-state index is 0.0694. The monoisotopic (exact) mass is 462 g/mol. The Morgan fingerprint density at radius 1 is 0.933 bits per heavy atom. The first-order valence-corrected chi connectivity index (χ1v) is 11.4. The fourth-order valence-electron chi connectivity index (χ4n) is 2.92. The van der Waals surface area contributed by atoms with E-state index in [1.54, 1.807) is 18.2 Å². The van der Waals surface area contributed by atoms with Crippen molar-refractivity contribution in [2.24, 2.45) is 0 Å². The molecule has 1 atom stereocenters.